The number of rotatable bonds is 8. The number of hydrogen-bond donors (Lipinski definition) is 2. The van der Waals surface area contributed by atoms with Crippen molar-refractivity contribution in [1.82, 2.24) is 0 Å². The van der Waals surface area contributed by atoms with Crippen molar-refractivity contribution in [2.75, 3.05) is 22.7 Å². The molecule has 0 aliphatic carbocycles. The Hall–Kier alpha value is -4.60. The predicted octanol–water partition coefficient (Wildman–Crippen LogP) is 5.67. The lowest BCUT2D eigenvalue weighted by molar-refractivity contribution is -0.392. The molecule has 0 saturated carbocycles. The second-order valence-corrected chi connectivity index (χ2v) is 13.1. The van der Waals surface area contributed by atoms with E-state index in [9.17, 15) is 37.1 Å². The van der Waals surface area contributed by atoms with E-state index in [0.717, 1.165) is 24.3 Å². The maximum absolute atomic E-state index is 13.1. The molecule has 0 bridgehead atoms. The third-order valence-corrected chi connectivity index (χ3v) is 9.23. The molecular formula is C28H28N4O9S2. The van der Waals surface area contributed by atoms with Gasteiger partial charge in [0, 0.05) is 18.6 Å². The number of nitro groups is 2. The number of fused-ring (bicyclic) bond motifs is 1. The first-order chi connectivity index (χ1) is 20.3. The van der Waals surface area contributed by atoms with E-state index in [1.165, 1.54) is 67.4 Å². The minimum atomic E-state index is -4.37. The van der Waals surface area contributed by atoms with Crippen LogP contribution < -0.4 is 9.44 Å². The summed E-state index contributed by atoms with van der Waals surface area (Å²) in [5.41, 5.74) is -0.887. The molecule has 13 nitrogen and oxygen atoms in total. The van der Waals surface area contributed by atoms with Crippen molar-refractivity contribution in [2.24, 2.45) is 0 Å². The van der Waals surface area contributed by atoms with Gasteiger partial charge >= 0.3 is 5.69 Å². The molecule has 15 heteroatoms. The van der Waals surface area contributed by atoms with Gasteiger partial charge in [-0.25, -0.2) is 16.8 Å². The number of nitro benzene ring substituents is 2. The van der Waals surface area contributed by atoms with Crippen LogP contribution in [0.25, 0.3) is 10.8 Å². The first-order valence-electron chi connectivity index (χ1n) is 13.0. The fourth-order valence-corrected chi connectivity index (χ4v) is 6.44. The first-order valence-corrected chi connectivity index (χ1v) is 15.9. The number of hydrogen-bond acceptors (Lipinski definition) is 9. The van der Waals surface area contributed by atoms with Crippen molar-refractivity contribution >= 4 is 53.6 Å². The van der Waals surface area contributed by atoms with Crippen molar-refractivity contribution in [3.8, 4) is 0 Å². The molecule has 1 heterocycles. The molecule has 5 rings (SSSR count). The quantitative estimate of drug-likeness (QED) is 0.183. The number of nitrogens with zero attached hydrogens (tertiary/aromatic N) is 2. The Morgan fingerprint density at radius 2 is 1.19 bits per heavy atom. The Kier molecular flexibility index (Phi) is 9.27. The lowest BCUT2D eigenvalue weighted by atomic mass is 10.0. The highest BCUT2D eigenvalue weighted by Gasteiger charge is 2.31. The summed E-state index contributed by atoms with van der Waals surface area (Å²) in [6, 6.07) is 15.9. The summed E-state index contributed by atoms with van der Waals surface area (Å²) >= 11 is 0. The van der Waals surface area contributed by atoms with Gasteiger partial charge in [0.25, 0.3) is 25.7 Å². The molecule has 0 unspecified atom stereocenters. The Morgan fingerprint density at radius 1 is 0.698 bits per heavy atom. The molecule has 4 aromatic rings. The zero-order chi connectivity index (χ0) is 31.4. The van der Waals surface area contributed by atoms with Crippen molar-refractivity contribution < 1.29 is 31.4 Å². The first kappa shape index (κ1) is 31.3. The van der Waals surface area contributed by atoms with Gasteiger partial charge in [-0.1, -0.05) is 47.5 Å². The number of anilines is 2. The zero-order valence-electron chi connectivity index (χ0n) is 23.1. The summed E-state index contributed by atoms with van der Waals surface area (Å²) < 4.78 is 61.7. The van der Waals surface area contributed by atoms with E-state index >= 15 is 0 Å². The van der Waals surface area contributed by atoms with E-state index in [2.05, 4.69) is 9.44 Å². The number of nitrogens with one attached hydrogen (secondary N) is 2. The van der Waals surface area contributed by atoms with Gasteiger partial charge in [-0.15, -0.1) is 0 Å². The summed E-state index contributed by atoms with van der Waals surface area (Å²) in [5.74, 6) is 0. The second-order valence-electron chi connectivity index (χ2n) is 9.69. The SMILES string of the molecule is C1CCOC1.Cc1ccc(S(=O)(=O)Nc2c([N+](=O)[O-])cc([N+](=O)[O-])c3c(NS(=O)(=O)c4ccc(C)cc4)cccc23)cc1. The molecule has 0 spiro atoms. The third-order valence-electron chi connectivity index (χ3n) is 6.48. The highest BCUT2D eigenvalue weighted by Crippen LogP contribution is 2.44. The van der Waals surface area contributed by atoms with E-state index in [4.69, 9.17) is 4.74 Å². The van der Waals surface area contributed by atoms with Gasteiger partial charge in [0.15, 0.2) is 0 Å². The molecule has 0 amide bonds. The fraction of sp³-hybridized carbons (Fsp3) is 0.214. The van der Waals surface area contributed by atoms with E-state index in [1.807, 2.05) is 0 Å². The lowest BCUT2D eigenvalue weighted by Gasteiger charge is -2.15. The minimum Gasteiger partial charge on any atom is -0.381 e. The molecule has 1 saturated heterocycles. The smallest absolute Gasteiger partial charge is 0.300 e. The maximum Gasteiger partial charge on any atom is 0.300 e. The lowest BCUT2D eigenvalue weighted by Crippen LogP contribution is -2.16. The molecule has 43 heavy (non-hydrogen) atoms. The van der Waals surface area contributed by atoms with Crippen LogP contribution in [0.1, 0.15) is 24.0 Å². The number of sulfonamides is 2. The van der Waals surface area contributed by atoms with Gasteiger partial charge in [-0.3, -0.25) is 29.7 Å². The Labute approximate surface area is 247 Å². The average Bonchev–Trinajstić information content (AvgIpc) is 3.54. The molecule has 2 N–H and O–H groups in total. The summed E-state index contributed by atoms with van der Waals surface area (Å²) in [6.45, 7) is 5.52. The monoisotopic (exact) mass is 628 g/mol. The Balaban J connectivity index is 0.000000767. The van der Waals surface area contributed by atoms with Crippen LogP contribution in [-0.2, 0) is 24.8 Å². The number of aryl methyl sites for hydroxylation is 2. The summed E-state index contributed by atoms with van der Waals surface area (Å²) in [7, 11) is -8.60. The highest BCUT2D eigenvalue weighted by atomic mass is 32.2. The number of ether oxygens (including phenoxy) is 1. The van der Waals surface area contributed by atoms with Gasteiger partial charge < -0.3 is 4.74 Å². The van der Waals surface area contributed by atoms with E-state index < -0.39 is 47.0 Å². The van der Waals surface area contributed by atoms with Gasteiger partial charge in [0.05, 0.1) is 36.8 Å². The molecular weight excluding hydrogens is 600 g/mol. The van der Waals surface area contributed by atoms with Crippen molar-refractivity contribution in [1.29, 1.82) is 0 Å². The minimum absolute atomic E-state index is 0.120. The summed E-state index contributed by atoms with van der Waals surface area (Å²) in [6.07, 6.45) is 2.56. The van der Waals surface area contributed by atoms with Crippen LogP contribution in [0.3, 0.4) is 0 Å². The third kappa shape index (κ3) is 7.25. The number of benzene rings is 4. The van der Waals surface area contributed by atoms with E-state index in [-0.39, 0.29) is 26.3 Å². The zero-order valence-corrected chi connectivity index (χ0v) is 24.8. The molecule has 1 aliphatic rings. The van der Waals surface area contributed by atoms with Gasteiger partial charge in [0.2, 0.25) is 0 Å². The van der Waals surface area contributed by atoms with Gasteiger partial charge in [-0.05, 0) is 57.0 Å². The van der Waals surface area contributed by atoms with Crippen molar-refractivity contribution in [2.45, 2.75) is 36.5 Å². The Bertz CT molecular complexity index is 1880. The molecule has 0 radical (unpaired) electrons. The van der Waals surface area contributed by atoms with Crippen molar-refractivity contribution in [3.05, 3.63) is 104 Å². The van der Waals surface area contributed by atoms with Crippen molar-refractivity contribution in [3.63, 3.8) is 0 Å². The standard InChI is InChI=1S/C24H20N4O8S2.C4H8O/c1-15-6-10-17(11-7-15)37(33,34)25-20-5-3-4-19-23(20)21(27(29)30)14-22(28(31)32)24(19)26-38(35,36)18-12-8-16(2)9-13-18;1-2-4-5-3-1/h3-14,25-26H,1-2H3;1-4H2. The van der Waals surface area contributed by atoms with Crippen LogP contribution >= 0.6 is 0 Å². The predicted molar refractivity (Wildman–Crippen MR) is 161 cm³/mol. The van der Waals surface area contributed by atoms with Crippen LogP contribution in [0.2, 0.25) is 0 Å². The van der Waals surface area contributed by atoms with E-state index in [0.29, 0.717) is 6.07 Å². The normalized spacial score (nSPS) is 13.2. The Morgan fingerprint density at radius 3 is 1.63 bits per heavy atom. The molecule has 0 atom stereocenters. The molecule has 226 valence electrons. The van der Waals surface area contributed by atoms with Crippen LogP contribution in [0.15, 0.2) is 82.6 Å². The van der Waals surface area contributed by atoms with Crippen LogP contribution in [-0.4, -0.2) is 39.9 Å². The summed E-state index contributed by atoms with van der Waals surface area (Å²) in [5, 5.41) is 23.2. The maximum atomic E-state index is 13.1. The topological polar surface area (TPSA) is 188 Å². The summed E-state index contributed by atoms with van der Waals surface area (Å²) in [4.78, 5) is 21.6. The number of non-ortho nitro benzene ring substituents is 1. The molecule has 0 aromatic heterocycles. The fourth-order valence-electron chi connectivity index (χ4n) is 4.27. The average molecular weight is 629 g/mol. The van der Waals surface area contributed by atoms with Gasteiger partial charge in [0.1, 0.15) is 5.69 Å². The van der Waals surface area contributed by atoms with Gasteiger partial charge in [-0.2, -0.15) is 0 Å². The second kappa shape index (κ2) is 12.7. The molecule has 1 fully saturated rings. The largest absolute Gasteiger partial charge is 0.381 e. The molecule has 1 aliphatic heterocycles. The van der Waals surface area contributed by atoms with E-state index in [1.54, 1.807) is 26.0 Å². The van der Waals surface area contributed by atoms with Crippen LogP contribution in [0.5, 0.6) is 0 Å². The van der Waals surface area contributed by atoms with Crippen LogP contribution in [0, 0.1) is 34.1 Å². The highest BCUT2D eigenvalue weighted by molar-refractivity contribution is 7.93. The van der Waals surface area contributed by atoms with Crippen LogP contribution in [0.4, 0.5) is 22.7 Å². The molecule has 4 aromatic carbocycles.